The van der Waals surface area contributed by atoms with E-state index in [9.17, 15) is 4.39 Å². The zero-order chi connectivity index (χ0) is 21.7. The zero-order valence-electron chi connectivity index (χ0n) is 18.6. The number of aryl methyl sites for hydroxylation is 2. The van der Waals surface area contributed by atoms with Crippen molar-refractivity contribution in [2.75, 3.05) is 13.6 Å². The van der Waals surface area contributed by atoms with E-state index in [0.29, 0.717) is 18.9 Å². The first-order valence-corrected chi connectivity index (χ1v) is 10.0. The quantitative estimate of drug-likeness (QED) is 0.271. The summed E-state index contributed by atoms with van der Waals surface area (Å²) in [5, 5.41) is 11.2. The number of aliphatic imine (C=N–C) groups is 1. The van der Waals surface area contributed by atoms with Gasteiger partial charge in [0.15, 0.2) is 5.96 Å². The number of hydrogen-bond acceptors (Lipinski definition) is 4. The lowest BCUT2D eigenvalue weighted by atomic mass is 10.1. The van der Waals surface area contributed by atoms with Crippen LogP contribution in [-0.2, 0) is 19.9 Å². The first-order chi connectivity index (χ1) is 14.4. The van der Waals surface area contributed by atoms with E-state index in [1.54, 1.807) is 25.4 Å². The standard InChI is InChI=1S/C22H29FN6O.HI/c1-14(12-20-15(2)28-29(5)16(20)3)26-22(24-4)25-11-10-19-13-30-21(27-19)17-6-8-18(23)9-7-17;/h6-9,13-14H,10-12H2,1-5H3,(H2,24,25,26);1H. The fourth-order valence-electron chi connectivity index (χ4n) is 3.35. The number of aromatic nitrogens is 3. The van der Waals surface area contributed by atoms with Crippen LogP contribution in [0.1, 0.15) is 29.6 Å². The van der Waals surface area contributed by atoms with Gasteiger partial charge >= 0.3 is 0 Å². The fourth-order valence-corrected chi connectivity index (χ4v) is 3.35. The number of nitrogens with zero attached hydrogens (tertiary/aromatic N) is 4. The maximum absolute atomic E-state index is 13.1. The maximum Gasteiger partial charge on any atom is 0.226 e. The highest BCUT2D eigenvalue weighted by Gasteiger charge is 2.14. The Morgan fingerprint density at radius 1 is 1.26 bits per heavy atom. The SMILES string of the molecule is CN=C(NCCc1coc(-c2ccc(F)cc2)n1)NC(C)Cc1c(C)nn(C)c1C.I. The maximum atomic E-state index is 13.1. The molecular weight excluding hydrogens is 510 g/mol. The van der Waals surface area contributed by atoms with Gasteiger partial charge in [-0.25, -0.2) is 9.37 Å². The zero-order valence-corrected chi connectivity index (χ0v) is 20.9. The van der Waals surface area contributed by atoms with Crippen LogP contribution >= 0.6 is 24.0 Å². The summed E-state index contributed by atoms with van der Waals surface area (Å²) >= 11 is 0. The molecule has 2 heterocycles. The molecule has 168 valence electrons. The molecular formula is C22H30FIN6O. The number of rotatable bonds is 7. The molecule has 3 rings (SSSR count). The van der Waals surface area contributed by atoms with Crippen molar-refractivity contribution in [3.8, 4) is 11.5 Å². The number of guanidine groups is 1. The van der Waals surface area contributed by atoms with Crippen LogP contribution in [0.2, 0.25) is 0 Å². The topological polar surface area (TPSA) is 80.3 Å². The highest BCUT2D eigenvalue weighted by atomic mass is 127. The van der Waals surface area contributed by atoms with Crippen LogP contribution < -0.4 is 10.6 Å². The summed E-state index contributed by atoms with van der Waals surface area (Å²) in [6.07, 6.45) is 3.18. The van der Waals surface area contributed by atoms with Gasteiger partial charge in [-0.3, -0.25) is 9.67 Å². The van der Waals surface area contributed by atoms with Crippen LogP contribution in [0.4, 0.5) is 4.39 Å². The summed E-state index contributed by atoms with van der Waals surface area (Å²) in [5.74, 6) is 0.948. The lowest BCUT2D eigenvalue weighted by molar-refractivity contribution is 0.571. The van der Waals surface area contributed by atoms with Gasteiger partial charge < -0.3 is 15.1 Å². The number of benzene rings is 1. The van der Waals surface area contributed by atoms with E-state index >= 15 is 0 Å². The molecule has 0 aliphatic rings. The van der Waals surface area contributed by atoms with Gasteiger partial charge in [-0.1, -0.05) is 0 Å². The minimum Gasteiger partial charge on any atom is -0.444 e. The number of nitrogens with one attached hydrogen (secondary N) is 2. The van der Waals surface area contributed by atoms with Crippen LogP contribution in [0.25, 0.3) is 11.5 Å². The number of oxazole rings is 1. The molecule has 1 aromatic carbocycles. The predicted octanol–water partition coefficient (Wildman–Crippen LogP) is 3.79. The minimum atomic E-state index is -0.281. The van der Waals surface area contributed by atoms with Gasteiger partial charge in [-0.2, -0.15) is 5.10 Å². The second-order valence-electron chi connectivity index (χ2n) is 7.42. The molecule has 0 radical (unpaired) electrons. The van der Waals surface area contributed by atoms with Crippen LogP contribution in [0.15, 0.2) is 39.9 Å². The smallest absolute Gasteiger partial charge is 0.226 e. The highest BCUT2D eigenvalue weighted by molar-refractivity contribution is 14.0. The summed E-state index contributed by atoms with van der Waals surface area (Å²) in [7, 11) is 3.72. The highest BCUT2D eigenvalue weighted by Crippen LogP contribution is 2.19. The monoisotopic (exact) mass is 540 g/mol. The van der Waals surface area contributed by atoms with Crippen LogP contribution in [0, 0.1) is 19.7 Å². The molecule has 2 aromatic heterocycles. The Bertz CT molecular complexity index is 1010. The summed E-state index contributed by atoms with van der Waals surface area (Å²) in [4.78, 5) is 8.78. The molecule has 0 bridgehead atoms. The summed E-state index contributed by atoms with van der Waals surface area (Å²) in [5.41, 5.74) is 5.10. The van der Waals surface area contributed by atoms with Crippen LogP contribution in [0.3, 0.4) is 0 Å². The molecule has 2 N–H and O–H groups in total. The van der Waals surface area contributed by atoms with E-state index < -0.39 is 0 Å². The molecule has 31 heavy (non-hydrogen) atoms. The van der Waals surface area contributed by atoms with Gasteiger partial charge in [0.1, 0.15) is 12.1 Å². The van der Waals surface area contributed by atoms with Crippen molar-refractivity contribution in [3.05, 3.63) is 59.0 Å². The van der Waals surface area contributed by atoms with Gasteiger partial charge in [0.2, 0.25) is 5.89 Å². The molecule has 0 aliphatic heterocycles. The average Bonchev–Trinajstić information content (AvgIpc) is 3.28. The summed E-state index contributed by atoms with van der Waals surface area (Å²) < 4.78 is 20.5. The third kappa shape index (κ3) is 6.52. The van der Waals surface area contributed by atoms with E-state index in [1.807, 2.05) is 18.7 Å². The Hall–Kier alpha value is -2.43. The molecule has 7 nitrogen and oxygen atoms in total. The molecule has 0 aliphatic carbocycles. The van der Waals surface area contributed by atoms with Gasteiger partial charge in [0.05, 0.1) is 11.4 Å². The van der Waals surface area contributed by atoms with Crippen molar-refractivity contribution in [2.24, 2.45) is 12.0 Å². The molecule has 1 atom stereocenters. The van der Waals surface area contributed by atoms with Crippen molar-refractivity contribution in [2.45, 2.75) is 39.7 Å². The Labute approximate surface area is 199 Å². The Morgan fingerprint density at radius 2 is 1.97 bits per heavy atom. The van der Waals surface area contributed by atoms with Crippen molar-refractivity contribution >= 4 is 29.9 Å². The van der Waals surface area contributed by atoms with Crippen molar-refractivity contribution in [1.29, 1.82) is 0 Å². The van der Waals surface area contributed by atoms with E-state index in [2.05, 4.69) is 39.6 Å². The average molecular weight is 540 g/mol. The predicted molar refractivity (Wildman–Crippen MR) is 131 cm³/mol. The molecule has 9 heteroatoms. The lowest BCUT2D eigenvalue weighted by Gasteiger charge is -2.18. The molecule has 0 spiro atoms. The molecule has 1 unspecified atom stereocenters. The third-order valence-corrected chi connectivity index (χ3v) is 5.09. The van der Waals surface area contributed by atoms with Crippen LogP contribution in [0.5, 0.6) is 0 Å². The van der Waals surface area contributed by atoms with Gasteiger partial charge in [0, 0.05) is 44.4 Å². The molecule has 0 saturated heterocycles. The van der Waals surface area contributed by atoms with Crippen molar-refractivity contribution in [3.63, 3.8) is 0 Å². The normalized spacial score (nSPS) is 12.4. The number of halogens is 2. The largest absolute Gasteiger partial charge is 0.444 e. The summed E-state index contributed by atoms with van der Waals surface area (Å²) in [6, 6.07) is 6.30. The van der Waals surface area contributed by atoms with E-state index in [4.69, 9.17) is 4.42 Å². The Kier molecular flexibility index (Phi) is 9.02. The minimum absolute atomic E-state index is 0. The van der Waals surface area contributed by atoms with Crippen LogP contribution in [-0.4, -0.2) is 40.4 Å². The Balaban J connectivity index is 0.00000341. The fraction of sp³-hybridized carbons (Fsp3) is 0.409. The number of hydrogen-bond donors (Lipinski definition) is 2. The second kappa shape index (κ2) is 11.3. The van der Waals surface area contributed by atoms with E-state index in [-0.39, 0.29) is 35.8 Å². The van der Waals surface area contributed by atoms with E-state index in [1.165, 1.54) is 23.4 Å². The lowest BCUT2D eigenvalue weighted by Crippen LogP contribution is -2.43. The Morgan fingerprint density at radius 3 is 2.58 bits per heavy atom. The third-order valence-electron chi connectivity index (χ3n) is 5.09. The first-order valence-electron chi connectivity index (χ1n) is 10.0. The van der Waals surface area contributed by atoms with Gasteiger partial charge in [-0.05, 0) is 57.0 Å². The summed E-state index contributed by atoms with van der Waals surface area (Å²) in [6.45, 7) is 6.92. The van der Waals surface area contributed by atoms with Gasteiger partial charge in [-0.15, -0.1) is 24.0 Å². The molecule has 3 aromatic rings. The van der Waals surface area contributed by atoms with Gasteiger partial charge in [0.25, 0.3) is 0 Å². The van der Waals surface area contributed by atoms with Crippen molar-refractivity contribution in [1.82, 2.24) is 25.4 Å². The van der Waals surface area contributed by atoms with Crippen molar-refractivity contribution < 1.29 is 8.81 Å². The first kappa shape index (κ1) is 24.8. The second-order valence-corrected chi connectivity index (χ2v) is 7.42. The molecule has 0 fully saturated rings. The molecule has 0 saturated carbocycles. The van der Waals surface area contributed by atoms with E-state index in [0.717, 1.165) is 29.3 Å². The molecule has 0 amide bonds.